The quantitative estimate of drug-likeness (QED) is 0.0288. The SMILES string of the molecule is CCOP(=O)([O-])OCC[N+](C)(C)Cc1c(CCC([NH-])=O)cc(C(C)(C)C)c(O)c1-n1nc2ccccc2n1.O=S(=O)=O.[CH3-].[CH3-].[CH3-].[NH-]C(=O)c1cc(S(=O)(=O)O)cc(-n2nc3ccccc3n2)c1O.[NH-]C(=O)c1ccc(O)c(-n2nc3ccccc3n2)c1.[Y].[Y].[Y].[Y].[Y].[Y]. The van der Waals surface area contributed by atoms with Crippen molar-refractivity contribution in [2.45, 2.75) is 57.4 Å². The zero-order valence-corrected chi connectivity index (χ0v) is 71.6. The number of phosphoric ester groups is 1. The largest absolute Gasteiger partial charge is 0.756 e. The van der Waals surface area contributed by atoms with Gasteiger partial charge in [-0.2, -0.15) is 8.42 Å². The Labute approximate surface area is 690 Å². The molecule has 0 saturated carbocycles. The number of hydrogen-bond donors (Lipinski definition) is 4. The van der Waals surface area contributed by atoms with Gasteiger partial charge in [0.05, 0.1) is 37.4 Å². The maximum Gasteiger partial charge on any atom is 0.425 e. The molecule has 9 rings (SSSR count). The molecule has 0 spiro atoms. The Balaban J connectivity index is -0.000000624. The van der Waals surface area contributed by atoms with Crippen LogP contribution < -0.4 is 4.89 Å². The molecule has 3 aromatic heterocycles. The molecule has 6 aromatic carbocycles. The van der Waals surface area contributed by atoms with Gasteiger partial charge in [-0.25, -0.2) is 0 Å². The smallest absolute Gasteiger partial charge is 0.425 e. The van der Waals surface area contributed by atoms with Crippen LogP contribution in [0.4, 0.5) is 0 Å². The van der Waals surface area contributed by atoms with Gasteiger partial charge in [0.2, 0.25) is 0 Å². The number of nitrogens with one attached hydrogen (secondary N) is 3. The second kappa shape index (κ2) is 42.5. The molecular weight excluding hydrogens is 1730 g/mol. The summed E-state index contributed by atoms with van der Waals surface area (Å²) in [5, 5.41) is 57.3. The van der Waals surface area contributed by atoms with E-state index in [4.69, 9.17) is 38.9 Å². The molecule has 93 heavy (non-hydrogen) atoms. The number of carbonyl (C=O) groups is 3. The van der Waals surface area contributed by atoms with E-state index in [9.17, 15) is 47.6 Å². The molecule has 0 aliphatic heterocycles. The van der Waals surface area contributed by atoms with Gasteiger partial charge in [0.15, 0.2) is 5.75 Å². The molecule has 3 amide bonds. The Kier molecular flexibility index (Phi) is 44.3. The van der Waals surface area contributed by atoms with Crippen molar-refractivity contribution in [1.29, 1.82) is 0 Å². The van der Waals surface area contributed by atoms with Crippen LogP contribution in [0.25, 0.3) is 67.4 Å². The fourth-order valence-corrected chi connectivity index (χ4v) is 9.30. The van der Waals surface area contributed by atoms with Crippen LogP contribution in [0, 0.1) is 22.3 Å². The van der Waals surface area contributed by atoms with Crippen LogP contribution in [0.5, 0.6) is 17.2 Å². The van der Waals surface area contributed by atoms with Gasteiger partial charge >= 0.3 is 10.6 Å². The first kappa shape index (κ1) is 96.9. The first-order valence-corrected chi connectivity index (χ1v) is 28.7. The van der Waals surface area contributed by atoms with Gasteiger partial charge in [-0.3, -0.25) is 9.12 Å². The van der Waals surface area contributed by atoms with Gasteiger partial charge < -0.3 is 87.6 Å². The number of hydrogen-bond acceptors (Lipinski definition) is 21. The summed E-state index contributed by atoms with van der Waals surface area (Å²) in [6.07, 6.45) is 0.311. The number of amides is 3. The molecule has 1 atom stereocenters. The number of benzene rings is 6. The number of fused-ring (bicyclic) bond motifs is 3. The summed E-state index contributed by atoms with van der Waals surface area (Å²) < 4.78 is 79.0. The van der Waals surface area contributed by atoms with Crippen LogP contribution in [0.3, 0.4) is 0 Å². The Bertz CT molecular complexity index is 4150. The summed E-state index contributed by atoms with van der Waals surface area (Å²) in [5.41, 5.74) is 27.0. The Hall–Kier alpha value is -2.45. The number of carbonyl (C=O) groups excluding carboxylic acids is 3. The number of phosphoric acid groups is 1. The molecule has 38 heteroatoms. The van der Waals surface area contributed by atoms with Gasteiger partial charge in [-0.15, -0.1) is 57.6 Å². The monoisotopic (exact) mass is 1790 g/mol. The summed E-state index contributed by atoms with van der Waals surface area (Å²) in [4.78, 5) is 48.8. The number of rotatable bonds is 17. The Morgan fingerprint density at radius 3 is 1.44 bits per heavy atom. The second-order valence-corrected chi connectivity index (χ2v) is 23.0. The first-order valence-electron chi connectivity index (χ1n) is 24.8. The zero-order valence-electron chi connectivity index (χ0n) is 52.0. The topological polar surface area (TPSA) is 440 Å². The molecule has 0 bridgehead atoms. The predicted octanol–water partition coefficient (Wildman–Crippen LogP) is 8.25. The van der Waals surface area contributed by atoms with E-state index in [-0.39, 0.29) is 271 Å². The number of quaternary nitrogens is 1. The molecule has 6 radical (unpaired) electrons. The molecular formula is C55H64N13O16PS2Y6-6. The minimum atomic E-state index is -4.65. The van der Waals surface area contributed by atoms with E-state index < -0.39 is 67.9 Å². The summed E-state index contributed by atoms with van der Waals surface area (Å²) in [6, 6.07) is 29.0. The Morgan fingerprint density at radius 1 is 0.645 bits per heavy atom. The van der Waals surface area contributed by atoms with Gasteiger partial charge in [0, 0.05) is 224 Å². The maximum atomic E-state index is 11.9. The average molecular weight is 1790 g/mol. The number of nitrogens with zero attached hydrogens (tertiary/aromatic N) is 10. The second-order valence-electron chi connectivity index (χ2n) is 19.8. The van der Waals surface area contributed by atoms with Gasteiger partial charge in [-0.05, 0) is 97.5 Å². The summed E-state index contributed by atoms with van der Waals surface area (Å²) in [5.74, 6) is -3.49. The summed E-state index contributed by atoms with van der Waals surface area (Å²) in [7, 11) is -8.33. The number of phenolic OH excluding ortho intramolecular Hbond substituents is 3. The van der Waals surface area contributed by atoms with E-state index in [1.807, 2.05) is 77.3 Å². The van der Waals surface area contributed by atoms with Crippen LogP contribution in [-0.4, -0.2) is 142 Å². The number of aromatic hydroxyl groups is 3. The van der Waals surface area contributed by atoms with E-state index >= 15 is 0 Å². The number of phenols is 3. The molecule has 7 N–H and O–H groups in total. The van der Waals surface area contributed by atoms with Crippen molar-refractivity contribution in [1.82, 2.24) is 45.0 Å². The number of aryl methyl sites for hydroxylation is 1. The van der Waals surface area contributed by atoms with Crippen LogP contribution in [0.15, 0.2) is 114 Å². The average Bonchev–Trinajstić information content (AvgIpc) is 1.15. The fourth-order valence-electron chi connectivity index (χ4n) is 8.08. The van der Waals surface area contributed by atoms with Crippen LogP contribution in [-0.2, 0) is 254 Å². The van der Waals surface area contributed by atoms with Gasteiger partial charge in [0.1, 0.15) is 81.4 Å². The van der Waals surface area contributed by atoms with Gasteiger partial charge in [0.25, 0.3) is 17.9 Å². The van der Waals surface area contributed by atoms with Crippen molar-refractivity contribution in [2.75, 3.05) is 33.9 Å². The predicted molar refractivity (Wildman–Crippen MR) is 320 cm³/mol. The first-order chi connectivity index (χ1) is 39.3. The Morgan fingerprint density at radius 2 is 1.06 bits per heavy atom. The van der Waals surface area contributed by atoms with Crippen molar-refractivity contribution in [2.24, 2.45) is 0 Å². The number of aromatic nitrogens is 9. The minimum Gasteiger partial charge on any atom is -0.756 e. The molecule has 0 saturated heterocycles. The van der Waals surface area contributed by atoms with E-state index in [0.29, 0.717) is 75.5 Å². The minimum absolute atomic E-state index is 0. The van der Waals surface area contributed by atoms with Gasteiger partial charge in [-0.1, -0.05) is 63.2 Å². The third-order valence-corrected chi connectivity index (χ3v) is 14.0. The van der Waals surface area contributed by atoms with E-state index in [1.165, 1.54) is 27.8 Å². The fraction of sp³-hybridized carbons (Fsp3) is 0.236. The third-order valence-electron chi connectivity index (χ3n) is 12.1. The van der Waals surface area contributed by atoms with Crippen molar-refractivity contribution < 1.29 is 275 Å². The molecule has 486 valence electrons. The van der Waals surface area contributed by atoms with Crippen molar-refractivity contribution in [3.63, 3.8) is 0 Å². The standard InChI is InChI=1S/C26H38N5O6P.C13H10N4O5S.C13H10N4O2.3CH3.O3S.6Y/c1-7-36-38(34,35)37-15-14-31(5,6)17-19-18(12-13-23(27)32)16-20(26(2,3)4)25(33)24(19)30-28-21-10-8-9-11-22(21)29-30;14-13(19)8-5-7(23(20,21)22)6-11(12(8)18)17-15-9-3-1-2-4-10(9)16-17;14-13(19)8-5-6-12(18)11(7-8)17-15-9-3-1-2-4-10(9)16-17;;;;1-4(2)3;;;;;;/h8-11,16H,7,12-15,17H2,1-6H3,(H3-,27,32,33,34,35);1-6H,(H4,14,18,19,20,21,22);1-7H,(H3,14,18,19);3*1H3;;;;;;;/q;;;3*-1;;;;;;;/p-3. The molecule has 9 aromatic rings. The summed E-state index contributed by atoms with van der Waals surface area (Å²) in [6.45, 7) is 8.06. The van der Waals surface area contributed by atoms with E-state index in [2.05, 4.69) is 35.1 Å². The van der Waals surface area contributed by atoms with Crippen LogP contribution >= 0.6 is 7.82 Å². The van der Waals surface area contributed by atoms with E-state index in [0.717, 1.165) is 16.4 Å². The normalized spacial score (nSPS) is 11.1. The molecule has 29 nitrogen and oxygen atoms in total. The van der Waals surface area contributed by atoms with E-state index in [1.54, 1.807) is 43.3 Å². The van der Waals surface area contributed by atoms with Crippen molar-refractivity contribution >= 4 is 79.4 Å². The summed E-state index contributed by atoms with van der Waals surface area (Å²) >= 11 is 0. The van der Waals surface area contributed by atoms with Crippen LogP contribution in [0.2, 0.25) is 0 Å². The maximum absolute atomic E-state index is 11.9. The number of likely N-dealkylation sites (N-methyl/N-ethyl adjacent to an activating group) is 1. The van der Waals surface area contributed by atoms with Crippen molar-refractivity contribution in [3.05, 3.63) is 176 Å². The van der Waals surface area contributed by atoms with Crippen LogP contribution in [0.1, 0.15) is 71.5 Å². The zero-order chi connectivity index (χ0) is 62.1. The molecule has 0 aliphatic carbocycles. The molecule has 3 heterocycles. The molecule has 0 fully saturated rings. The molecule has 0 aliphatic rings. The van der Waals surface area contributed by atoms with Crippen molar-refractivity contribution in [3.8, 4) is 34.3 Å². The molecule has 1 unspecified atom stereocenters. The third kappa shape index (κ3) is 27.7.